The van der Waals surface area contributed by atoms with Crippen molar-refractivity contribution in [3.05, 3.63) is 172 Å². The molecule has 0 fully saturated rings. The molecule has 3 aliphatic heterocycles. The van der Waals surface area contributed by atoms with Crippen LogP contribution >= 0.6 is 0 Å². The zero-order valence-electron chi connectivity index (χ0n) is 56.8. The van der Waals surface area contributed by atoms with Crippen LogP contribution in [0.15, 0.2) is 150 Å². The van der Waals surface area contributed by atoms with E-state index < -0.39 is 63.3 Å². The highest BCUT2D eigenvalue weighted by Crippen LogP contribution is 2.48. The van der Waals surface area contributed by atoms with Gasteiger partial charge in [-0.3, -0.25) is 28.5 Å². The monoisotopic (exact) mass is 1350 g/mol. The number of fused-ring (bicyclic) bond motifs is 2. The molecule has 4 aromatic carbocycles. The van der Waals surface area contributed by atoms with Crippen molar-refractivity contribution in [2.75, 3.05) is 36.9 Å². The van der Waals surface area contributed by atoms with E-state index in [2.05, 4.69) is 115 Å². The Morgan fingerprint density at radius 2 is 1.34 bits per heavy atom. The van der Waals surface area contributed by atoms with Crippen molar-refractivity contribution in [1.82, 2.24) is 16.0 Å². The van der Waals surface area contributed by atoms with Gasteiger partial charge in [0.05, 0.1) is 29.7 Å². The molecule has 97 heavy (non-hydrogen) atoms. The fraction of sp³-hybridized carbons (Fsp3) is 0.474. The lowest BCUT2D eigenvalue weighted by atomic mass is 9.81. The molecule has 3 amide bonds. The zero-order chi connectivity index (χ0) is 70.1. The number of carbonyl (C=O) groups excluding carboxylic acids is 4. The molecule has 3 atom stereocenters. The summed E-state index contributed by atoms with van der Waals surface area (Å²) in [5.41, 5.74) is 8.31. The van der Waals surface area contributed by atoms with Crippen molar-refractivity contribution < 1.29 is 75.9 Å². The van der Waals surface area contributed by atoms with Crippen molar-refractivity contribution >= 4 is 68.6 Å². The van der Waals surface area contributed by atoms with Gasteiger partial charge >= 0.3 is 23.9 Å². The Bertz CT molecular complexity index is 3680. The van der Waals surface area contributed by atoms with Gasteiger partial charge in [0.1, 0.15) is 24.1 Å². The molecule has 7 N–H and O–H groups in total. The molecule has 21 heteroatoms. The SMILES string of the molecule is CCCCCN1C(=CC=C2OCCC(C=CC3=[N+](CCCCS(=O)(=O)O)c4ccccc4C3(C)C)=C2Oc2ccc(C[C@H](CC(=O)[C@H](Cc3ccccc3)NC(=O)CCCCCCCCC(=O)CC[C@H](NC(=O)NCCCC(=O)O)C(=O)O)C(=O)O)cc2)C(C)(C)c2ccccc21. The van der Waals surface area contributed by atoms with Crippen molar-refractivity contribution in [1.29, 1.82) is 0 Å². The van der Waals surface area contributed by atoms with Gasteiger partial charge in [0.25, 0.3) is 10.1 Å². The Kier molecular flexibility index (Phi) is 28.6. The van der Waals surface area contributed by atoms with E-state index >= 15 is 0 Å². The first kappa shape index (κ1) is 75.7. The number of carboxylic acids is 3. The first-order valence-corrected chi connectivity index (χ1v) is 35.9. The number of para-hydroxylation sites is 2. The number of urea groups is 1. The maximum absolute atomic E-state index is 14.3. The lowest BCUT2D eigenvalue weighted by Crippen LogP contribution is -2.46. The minimum atomic E-state index is -4.12. The van der Waals surface area contributed by atoms with Crippen LogP contribution in [-0.2, 0) is 67.3 Å². The predicted octanol–water partition coefficient (Wildman–Crippen LogP) is 12.8. The van der Waals surface area contributed by atoms with E-state index in [-0.39, 0.29) is 87.2 Å². The van der Waals surface area contributed by atoms with Gasteiger partial charge in [0.2, 0.25) is 11.6 Å². The number of aliphatic carboxylic acids is 3. The molecular weight excluding hydrogens is 1250 g/mol. The van der Waals surface area contributed by atoms with Gasteiger partial charge in [-0.15, -0.1) is 0 Å². The highest BCUT2D eigenvalue weighted by molar-refractivity contribution is 7.85. The summed E-state index contributed by atoms with van der Waals surface area (Å²) in [5.74, 6) is -4.22. The molecule has 0 saturated heterocycles. The molecule has 0 aliphatic carbocycles. The number of hydrogen-bond acceptors (Lipinski definition) is 12. The maximum atomic E-state index is 14.3. The molecule has 4 aromatic rings. The fourth-order valence-electron chi connectivity index (χ4n) is 12.9. The Hall–Kier alpha value is -8.69. The lowest BCUT2D eigenvalue weighted by Gasteiger charge is -2.27. The summed E-state index contributed by atoms with van der Waals surface area (Å²) in [5, 5.41) is 36.6. The Labute approximate surface area is 571 Å². The van der Waals surface area contributed by atoms with Crippen molar-refractivity contribution in [2.24, 2.45) is 5.92 Å². The van der Waals surface area contributed by atoms with E-state index in [1.807, 2.05) is 48.5 Å². The van der Waals surface area contributed by atoms with E-state index in [1.54, 1.807) is 24.3 Å². The highest BCUT2D eigenvalue weighted by atomic mass is 32.2. The topological polar surface area (TPSA) is 295 Å². The van der Waals surface area contributed by atoms with E-state index in [4.69, 9.17) is 14.6 Å². The maximum Gasteiger partial charge on any atom is 0.326 e. The molecule has 0 unspecified atom stereocenters. The van der Waals surface area contributed by atoms with E-state index in [0.29, 0.717) is 68.1 Å². The molecule has 0 saturated carbocycles. The summed E-state index contributed by atoms with van der Waals surface area (Å²) in [6, 6.07) is 30.1. The number of allylic oxidation sites excluding steroid dienone is 5. The Morgan fingerprint density at radius 1 is 0.670 bits per heavy atom. The van der Waals surface area contributed by atoms with Crippen LogP contribution in [0.1, 0.15) is 179 Å². The standard InChI is InChI=1S/C76H97N5O15S/c1-6-7-21-46-80-63-30-19-18-29-60(63)76(4,5)68(80)43-41-66-71(55(44-48-95-66)36-42-67-75(2,3)59-28-17-20-31-64(59)81(67)47-22-23-49-97(92,93)94)96-58-38-34-54(35-39-58)50-56(72(87)88)52-65(83)62(51-53-25-13-12-14-26-53)78-69(84)32-16-11-9-8-10-15-27-57(82)37-40-61(73(89)90)79-74(91)77-45-24-33-70(85)86/h12-14,17-20,25-26,28-31,34-36,38-39,41-43,56,61-62H,6-11,15-16,21-24,27,32-33,37,40,44-52H2,1-5H3,(H6-,77,78,79,84,85,86,87,88,89,90,91,92,93,94)/p+1/t56-,61+,62+/m1/s1. The quantitative estimate of drug-likeness (QED) is 0.0123. The van der Waals surface area contributed by atoms with Crippen LogP contribution in [0.3, 0.4) is 0 Å². The second-order valence-electron chi connectivity index (χ2n) is 26.5. The number of nitrogens with zero attached hydrogens (tertiary/aromatic N) is 2. The first-order chi connectivity index (χ1) is 46.4. The third-order valence-corrected chi connectivity index (χ3v) is 19.1. The number of Topliss-reactive ketones (excluding diaryl/α,β-unsaturated/α-hetero) is 2. The smallest absolute Gasteiger partial charge is 0.326 e. The minimum Gasteiger partial charge on any atom is -0.489 e. The summed E-state index contributed by atoms with van der Waals surface area (Å²) >= 11 is 0. The molecule has 3 heterocycles. The summed E-state index contributed by atoms with van der Waals surface area (Å²) in [6.45, 7) is 12.8. The van der Waals surface area contributed by atoms with Crippen molar-refractivity contribution in [3.8, 4) is 5.75 Å². The minimum absolute atomic E-state index is 0.0265. The second kappa shape index (κ2) is 36.6. The normalized spacial score (nSPS) is 16.5. The van der Waals surface area contributed by atoms with Crippen molar-refractivity contribution in [3.63, 3.8) is 0 Å². The van der Waals surface area contributed by atoms with Gasteiger partial charge in [-0.25, -0.2) is 9.59 Å². The van der Waals surface area contributed by atoms with Gasteiger partial charge in [-0.05, 0) is 118 Å². The number of nitrogens with one attached hydrogen (secondary N) is 3. The van der Waals surface area contributed by atoms with Gasteiger partial charge in [-0.1, -0.05) is 138 Å². The number of benzene rings is 4. The van der Waals surface area contributed by atoms with Crippen LogP contribution in [0.2, 0.25) is 0 Å². The number of ether oxygens (including phenoxy) is 2. The van der Waals surface area contributed by atoms with Crippen molar-refractivity contribution in [2.45, 2.75) is 192 Å². The van der Waals surface area contributed by atoms with Gasteiger partial charge in [-0.2, -0.15) is 13.0 Å². The van der Waals surface area contributed by atoms with Crippen LogP contribution in [0.25, 0.3) is 0 Å². The van der Waals surface area contributed by atoms with Crippen LogP contribution in [0, 0.1) is 5.92 Å². The van der Waals surface area contributed by atoms with E-state index in [0.717, 1.165) is 85.3 Å². The number of carbonyl (C=O) groups is 7. The van der Waals surface area contributed by atoms with Crippen LogP contribution in [0.5, 0.6) is 5.75 Å². The van der Waals surface area contributed by atoms with E-state index in [1.165, 1.54) is 11.3 Å². The summed E-state index contributed by atoms with van der Waals surface area (Å²) < 4.78 is 48.6. The third-order valence-electron chi connectivity index (χ3n) is 18.3. The molecule has 522 valence electrons. The number of ketones is 2. The molecule has 20 nitrogen and oxygen atoms in total. The summed E-state index contributed by atoms with van der Waals surface area (Å²) in [7, 11) is -4.12. The first-order valence-electron chi connectivity index (χ1n) is 34.3. The van der Waals surface area contributed by atoms with Crippen LogP contribution in [-0.4, -0.2) is 124 Å². The molecular formula is C76H98N5O15S+. The lowest BCUT2D eigenvalue weighted by molar-refractivity contribution is -0.438. The highest BCUT2D eigenvalue weighted by Gasteiger charge is 2.44. The van der Waals surface area contributed by atoms with Gasteiger partial charge in [0, 0.05) is 98.1 Å². The molecule has 7 rings (SSSR count). The summed E-state index contributed by atoms with van der Waals surface area (Å²) in [4.78, 5) is 90.2. The van der Waals surface area contributed by atoms with E-state index in [9.17, 15) is 56.7 Å². The number of amides is 3. The third kappa shape index (κ3) is 22.7. The number of unbranched alkanes of at least 4 members (excludes halogenated alkanes) is 8. The number of carboxylic acid groups (broad SMARTS) is 3. The largest absolute Gasteiger partial charge is 0.489 e. The van der Waals surface area contributed by atoms with Crippen LogP contribution < -0.4 is 25.6 Å². The average Bonchev–Trinajstić information content (AvgIpc) is 1.61. The Morgan fingerprint density at radius 3 is 2.03 bits per heavy atom. The predicted molar refractivity (Wildman–Crippen MR) is 374 cm³/mol. The number of rotatable bonds is 41. The molecule has 0 radical (unpaired) electrons. The average molecular weight is 1350 g/mol. The van der Waals surface area contributed by atoms with Crippen LogP contribution in [0.4, 0.5) is 16.2 Å². The van der Waals surface area contributed by atoms with Gasteiger partial charge < -0.3 is 45.6 Å². The number of hydrogen-bond donors (Lipinski definition) is 7. The van der Waals surface area contributed by atoms with Gasteiger partial charge in [0.15, 0.2) is 23.0 Å². The zero-order valence-corrected chi connectivity index (χ0v) is 57.6. The molecule has 3 aliphatic rings. The fourth-order valence-corrected chi connectivity index (χ4v) is 13.5. The molecule has 0 spiro atoms. The summed E-state index contributed by atoms with van der Waals surface area (Å²) in [6.07, 6.45) is 17.3. The molecule has 0 aromatic heterocycles. The second-order valence-corrected chi connectivity index (χ2v) is 28.1. The molecule has 0 bridgehead atoms. The Balaban J connectivity index is 1.02. The number of anilines is 1.